The summed E-state index contributed by atoms with van der Waals surface area (Å²) in [6, 6.07) is 0. The van der Waals surface area contributed by atoms with Crippen LogP contribution >= 0.6 is 0 Å². The molecule has 70 valence electrons. The molecule has 0 aromatic heterocycles. The van der Waals surface area contributed by atoms with Crippen molar-refractivity contribution in [3.05, 3.63) is 0 Å². The third kappa shape index (κ3) is 3.92. The molecular weight excluding hydrogens is 158 g/mol. The summed E-state index contributed by atoms with van der Waals surface area (Å²) >= 11 is 0. The minimum Gasteiger partial charge on any atom is -0.411 e. The highest BCUT2D eigenvalue weighted by Gasteiger charge is 2.15. The van der Waals surface area contributed by atoms with Crippen molar-refractivity contribution in [2.75, 3.05) is 27.7 Å². The van der Waals surface area contributed by atoms with Crippen LogP contribution in [0.1, 0.15) is 6.92 Å². The summed E-state index contributed by atoms with van der Waals surface area (Å²) in [7, 11) is 5.86. The highest BCUT2D eigenvalue weighted by molar-refractivity contribution is 6.41. The summed E-state index contributed by atoms with van der Waals surface area (Å²) in [5.74, 6) is 0. The second-order valence-electron chi connectivity index (χ2n) is 3.68. The van der Waals surface area contributed by atoms with Gasteiger partial charge in [0.2, 0.25) is 0 Å². The second-order valence-corrected chi connectivity index (χ2v) is 3.68. The van der Waals surface area contributed by atoms with E-state index in [1.54, 1.807) is 6.92 Å². The zero-order valence-electron chi connectivity index (χ0n) is 7.94. The van der Waals surface area contributed by atoms with E-state index in [4.69, 9.17) is 10.4 Å². The first-order valence-corrected chi connectivity index (χ1v) is 3.61. The van der Waals surface area contributed by atoms with E-state index >= 15 is 0 Å². The summed E-state index contributed by atoms with van der Waals surface area (Å²) < 4.78 is 0.617. The molecule has 0 heterocycles. The average molecular weight is 174 g/mol. The van der Waals surface area contributed by atoms with E-state index in [1.807, 2.05) is 21.1 Å². The molecule has 2 N–H and O–H groups in total. The molecule has 0 saturated carbocycles. The van der Waals surface area contributed by atoms with Crippen molar-refractivity contribution in [3.63, 3.8) is 0 Å². The van der Waals surface area contributed by atoms with Crippen LogP contribution in [0, 0.1) is 0 Å². The zero-order valence-corrected chi connectivity index (χ0v) is 7.94. The zero-order chi connectivity index (χ0) is 9.78. The Kier molecular flexibility index (Phi) is 3.69. The summed E-state index contributed by atoms with van der Waals surface area (Å²) in [5, 5.41) is 23.0. The normalized spacial score (nSPS) is 15.0. The topological polar surface area (TPSA) is 65.2 Å². The standard InChI is InChI=1S/C7H15N3O2/c1-6(8-11)7(9-12)5-10(2,3)4/h5H2,1-4H3,(H-,11,12)/p+1/b8-6+,9-7-. The van der Waals surface area contributed by atoms with Gasteiger partial charge in [-0.1, -0.05) is 10.3 Å². The van der Waals surface area contributed by atoms with Crippen LogP contribution in [0.4, 0.5) is 0 Å². The van der Waals surface area contributed by atoms with E-state index < -0.39 is 0 Å². The fourth-order valence-corrected chi connectivity index (χ4v) is 0.725. The van der Waals surface area contributed by atoms with Crippen molar-refractivity contribution in [3.8, 4) is 0 Å². The Labute approximate surface area is 72.2 Å². The van der Waals surface area contributed by atoms with E-state index in [0.29, 0.717) is 22.5 Å². The molecule has 0 bridgehead atoms. The van der Waals surface area contributed by atoms with Gasteiger partial charge in [0, 0.05) is 0 Å². The summed E-state index contributed by atoms with van der Waals surface area (Å²) in [4.78, 5) is 0. The van der Waals surface area contributed by atoms with Gasteiger partial charge in [0.15, 0.2) is 5.71 Å². The first kappa shape index (κ1) is 10.9. The maximum Gasteiger partial charge on any atom is 0.158 e. The van der Waals surface area contributed by atoms with Crippen molar-refractivity contribution in [1.82, 2.24) is 0 Å². The van der Waals surface area contributed by atoms with Gasteiger partial charge in [0.25, 0.3) is 0 Å². The van der Waals surface area contributed by atoms with Crippen molar-refractivity contribution >= 4 is 11.4 Å². The molecule has 0 fully saturated rings. The molecule has 0 spiro atoms. The van der Waals surface area contributed by atoms with Gasteiger partial charge in [0.1, 0.15) is 12.3 Å². The molecular formula is C7H16N3O2+. The van der Waals surface area contributed by atoms with Crippen LogP contribution < -0.4 is 0 Å². The maximum absolute atomic E-state index is 8.58. The molecule has 5 nitrogen and oxygen atoms in total. The van der Waals surface area contributed by atoms with Crippen molar-refractivity contribution in [1.29, 1.82) is 0 Å². The molecule has 0 saturated heterocycles. The Morgan fingerprint density at radius 3 is 1.92 bits per heavy atom. The lowest BCUT2D eigenvalue weighted by Gasteiger charge is -2.23. The van der Waals surface area contributed by atoms with Crippen LogP contribution in [0.3, 0.4) is 0 Å². The molecule has 0 amide bonds. The number of hydrogen-bond acceptors (Lipinski definition) is 4. The molecule has 12 heavy (non-hydrogen) atoms. The summed E-state index contributed by atoms with van der Waals surface area (Å²) in [5.41, 5.74) is 0.732. The SMILES string of the molecule is CC(=N\O)/C(C[N+](C)(C)C)=N\O. The van der Waals surface area contributed by atoms with E-state index in [-0.39, 0.29) is 0 Å². The Morgan fingerprint density at radius 2 is 1.67 bits per heavy atom. The number of quaternary nitrogens is 1. The van der Waals surface area contributed by atoms with E-state index in [0.717, 1.165) is 0 Å². The van der Waals surface area contributed by atoms with Crippen LogP contribution in [-0.4, -0.2) is 54.0 Å². The van der Waals surface area contributed by atoms with Gasteiger partial charge >= 0.3 is 0 Å². The van der Waals surface area contributed by atoms with Gasteiger partial charge < -0.3 is 14.9 Å². The molecule has 0 aromatic carbocycles. The third-order valence-corrected chi connectivity index (χ3v) is 1.31. The Hall–Kier alpha value is -1.10. The van der Waals surface area contributed by atoms with Crippen LogP contribution in [-0.2, 0) is 0 Å². The fraction of sp³-hybridized carbons (Fsp3) is 0.714. The van der Waals surface area contributed by atoms with Gasteiger partial charge in [0.05, 0.1) is 21.1 Å². The number of oxime groups is 2. The fourth-order valence-electron chi connectivity index (χ4n) is 0.725. The molecule has 0 atom stereocenters. The van der Waals surface area contributed by atoms with Gasteiger partial charge in [-0.3, -0.25) is 0 Å². The van der Waals surface area contributed by atoms with Crippen molar-refractivity contribution < 1.29 is 14.9 Å². The minimum atomic E-state index is 0.338. The smallest absolute Gasteiger partial charge is 0.158 e. The molecule has 0 rings (SSSR count). The van der Waals surface area contributed by atoms with Crippen LogP contribution in [0.15, 0.2) is 10.3 Å². The molecule has 5 heteroatoms. The maximum atomic E-state index is 8.58. The van der Waals surface area contributed by atoms with Crippen molar-refractivity contribution in [2.24, 2.45) is 10.3 Å². The van der Waals surface area contributed by atoms with E-state index in [9.17, 15) is 0 Å². The lowest BCUT2D eigenvalue weighted by molar-refractivity contribution is -0.860. The predicted octanol–water partition coefficient (Wildman–Crippen LogP) is 0.373. The third-order valence-electron chi connectivity index (χ3n) is 1.31. The van der Waals surface area contributed by atoms with Gasteiger partial charge in [-0.15, -0.1) is 0 Å². The van der Waals surface area contributed by atoms with E-state index in [2.05, 4.69) is 10.3 Å². The highest BCUT2D eigenvalue weighted by atomic mass is 16.4. The number of hydrogen-bond donors (Lipinski definition) is 2. The quantitative estimate of drug-likeness (QED) is 0.281. The Balaban J connectivity index is 4.43. The molecule has 0 unspecified atom stereocenters. The Bertz CT molecular complexity index is 203. The van der Waals surface area contributed by atoms with Gasteiger partial charge in [-0.2, -0.15) is 0 Å². The predicted molar refractivity (Wildman–Crippen MR) is 47.0 cm³/mol. The van der Waals surface area contributed by atoms with Crippen LogP contribution in [0.25, 0.3) is 0 Å². The second kappa shape index (κ2) is 4.06. The average Bonchev–Trinajstić information content (AvgIpc) is 1.97. The number of nitrogens with zero attached hydrogens (tertiary/aromatic N) is 3. The molecule has 0 radical (unpaired) electrons. The van der Waals surface area contributed by atoms with Crippen LogP contribution in [0.5, 0.6) is 0 Å². The van der Waals surface area contributed by atoms with Gasteiger partial charge in [-0.05, 0) is 6.92 Å². The highest BCUT2D eigenvalue weighted by Crippen LogP contribution is 1.94. The molecule has 0 aliphatic heterocycles. The molecule has 0 aliphatic carbocycles. The van der Waals surface area contributed by atoms with Crippen molar-refractivity contribution in [2.45, 2.75) is 6.92 Å². The largest absolute Gasteiger partial charge is 0.411 e. The summed E-state index contributed by atoms with van der Waals surface area (Å²) in [6.45, 7) is 2.11. The molecule has 0 aromatic rings. The van der Waals surface area contributed by atoms with Crippen LogP contribution in [0.2, 0.25) is 0 Å². The monoisotopic (exact) mass is 174 g/mol. The van der Waals surface area contributed by atoms with Gasteiger partial charge in [-0.25, -0.2) is 0 Å². The first-order chi connectivity index (χ1) is 5.40. The summed E-state index contributed by atoms with van der Waals surface area (Å²) in [6.07, 6.45) is 0. The first-order valence-electron chi connectivity index (χ1n) is 3.61. The lowest BCUT2D eigenvalue weighted by Crippen LogP contribution is -2.41. The lowest BCUT2D eigenvalue weighted by atomic mass is 10.2. The van der Waals surface area contributed by atoms with E-state index in [1.165, 1.54) is 0 Å². The Morgan fingerprint density at radius 1 is 1.17 bits per heavy atom. The molecule has 0 aliphatic rings. The minimum absolute atomic E-state index is 0.338. The number of rotatable bonds is 3.